The van der Waals surface area contributed by atoms with E-state index in [0.29, 0.717) is 11.1 Å². The third-order valence-electron chi connectivity index (χ3n) is 5.80. The van der Waals surface area contributed by atoms with Crippen molar-refractivity contribution in [3.05, 3.63) is 88.0 Å². The fraction of sp³-hybridized carbons (Fsp3) is 0.208. The van der Waals surface area contributed by atoms with Gasteiger partial charge in [0.25, 0.3) is 0 Å². The van der Waals surface area contributed by atoms with Crippen molar-refractivity contribution in [3.63, 3.8) is 0 Å². The first-order chi connectivity index (χ1) is 15.7. The second-order valence-corrected chi connectivity index (χ2v) is 7.96. The number of phenols is 1. The van der Waals surface area contributed by atoms with Crippen molar-refractivity contribution in [1.29, 1.82) is 0 Å². The number of alkyl halides is 6. The van der Waals surface area contributed by atoms with Crippen molar-refractivity contribution in [2.75, 3.05) is 5.32 Å². The first-order valence-electron chi connectivity index (χ1n) is 9.94. The molecule has 1 amide bonds. The quantitative estimate of drug-likeness (QED) is 0.437. The highest BCUT2D eigenvalue weighted by atomic mass is 19.4. The summed E-state index contributed by atoms with van der Waals surface area (Å²) in [7, 11) is 0. The molecule has 3 aromatic carbocycles. The Labute approximate surface area is 189 Å². The summed E-state index contributed by atoms with van der Waals surface area (Å²) in [6, 6.07) is 10.7. The smallest absolute Gasteiger partial charge is 0.507 e. The van der Waals surface area contributed by atoms with Gasteiger partial charge in [-0.3, -0.25) is 4.79 Å². The lowest BCUT2D eigenvalue weighted by atomic mass is 9.69. The van der Waals surface area contributed by atoms with E-state index < -0.39 is 40.9 Å². The molecule has 0 spiro atoms. The normalized spacial score (nSPS) is 17.9. The molecule has 3 aromatic rings. The predicted molar refractivity (Wildman–Crippen MR) is 111 cm³/mol. The van der Waals surface area contributed by atoms with Crippen LogP contribution in [0.1, 0.15) is 33.4 Å². The van der Waals surface area contributed by atoms with Gasteiger partial charge in [-0.25, -0.2) is 0 Å². The number of phenolic OH excluding ortho intramolecular Hbond substituents is 1. The van der Waals surface area contributed by atoms with Gasteiger partial charge in [0.15, 0.2) is 0 Å². The van der Waals surface area contributed by atoms with Gasteiger partial charge in [-0.1, -0.05) is 36.4 Å². The van der Waals surface area contributed by atoms with Gasteiger partial charge in [0.2, 0.25) is 5.91 Å². The first-order valence-corrected chi connectivity index (χ1v) is 9.94. The minimum absolute atomic E-state index is 0.0127. The summed E-state index contributed by atoms with van der Waals surface area (Å²) in [4.78, 5) is 13.5. The van der Waals surface area contributed by atoms with Crippen LogP contribution in [0.2, 0.25) is 0 Å². The molecule has 0 bridgehead atoms. The molecule has 0 aliphatic carbocycles. The maximum atomic E-state index is 13.7. The van der Waals surface area contributed by atoms with Gasteiger partial charge in [-0.2, -0.15) is 13.2 Å². The molecule has 0 saturated heterocycles. The second kappa shape index (κ2) is 7.68. The first kappa shape index (κ1) is 23.5. The van der Waals surface area contributed by atoms with E-state index in [2.05, 4.69) is 10.1 Å². The maximum absolute atomic E-state index is 13.7. The molecule has 4 nitrogen and oxygen atoms in total. The summed E-state index contributed by atoms with van der Waals surface area (Å²) >= 11 is 0. The van der Waals surface area contributed by atoms with Crippen LogP contribution < -0.4 is 10.1 Å². The van der Waals surface area contributed by atoms with E-state index in [-0.39, 0.29) is 22.4 Å². The predicted octanol–water partition coefficient (Wildman–Crippen LogP) is 6.21. The van der Waals surface area contributed by atoms with Crippen molar-refractivity contribution in [2.24, 2.45) is 0 Å². The lowest BCUT2D eigenvalue weighted by Gasteiger charge is -2.30. The zero-order valence-corrected chi connectivity index (χ0v) is 17.7. The molecular weight excluding hydrogens is 464 g/mol. The minimum Gasteiger partial charge on any atom is -0.507 e. The van der Waals surface area contributed by atoms with Crippen LogP contribution in [0, 0.1) is 13.8 Å². The van der Waals surface area contributed by atoms with Crippen LogP contribution in [0.4, 0.5) is 32.0 Å². The number of ether oxygens (including phenoxy) is 1. The molecule has 1 heterocycles. The van der Waals surface area contributed by atoms with Crippen molar-refractivity contribution < 1.29 is 41.0 Å². The highest BCUT2D eigenvalue weighted by Crippen LogP contribution is 2.52. The van der Waals surface area contributed by atoms with E-state index in [1.54, 1.807) is 13.8 Å². The molecule has 1 aliphatic rings. The molecule has 34 heavy (non-hydrogen) atoms. The highest BCUT2D eigenvalue weighted by Gasteiger charge is 2.52. The van der Waals surface area contributed by atoms with Crippen molar-refractivity contribution in [1.82, 2.24) is 0 Å². The lowest BCUT2D eigenvalue weighted by Crippen LogP contribution is -2.37. The van der Waals surface area contributed by atoms with Crippen LogP contribution in [0.25, 0.3) is 0 Å². The monoisotopic (exact) mass is 481 g/mol. The minimum atomic E-state index is -4.94. The molecule has 178 valence electrons. The second-order valence-electron chi connectivity index (χ2n) is 7.96. The molecule has 10 heteroatoms. The summed E-state index contributed by atoms with van der Waals surface area (Å²) in [5.41, 5.74) is -2.19. The Balaban J connectivity index is 2.03. The Morgan fingerprint density at radius 2 is 1.47 bits per heavy atom. The third kappa shape index (κ3) is 3.72. The number of aryl methyl sites for hydroxylation is 2. The number of aromatic hydroxyl groups is 1. The number of benzene rings is 3. The van der Waals surface area contributed by atoms with E-state index >= 15 is 0 Å². The molecule has 0 radical (unpaired) electrons. The van der Waals surface area contributed by atoms with Crippen LogP contribution in [0.5, 0.6) is 11.5 Å². The number of rotatable bonds is 3. The Bertz CT molecular complexity index is 1260. The third-order valence-corrected chi connectivity index (χ3v) is 5.80. The zero-order chi connectivity index (χ0) is 25.1. The molecular formula is C24H17F6NO3. The topological polar surface area (TPSA) is 58.6 Å². The number of hydrogen-bond acceptors (Lipinski definition) is 3. The molecule has 1 atom stereocenters. The number of anilines is 1. The van der Waals surface area contributed by atoms with E-state index in [1.165, 1.54) is 30.3 Å². The number of nitrogens with one attached hydrogen (secondary N) is 1. The number of amides is 1. The fourth-order valence-corrected chi connectivity index (χ4v) is 4.38. The van der Waals surface area contributed by atoms with E-state index in [0.717, 1.165) is 24.3 Å². The lowest BCUT2D eigenvalue weighted by molar-refractivity contribution is -0.274. The van der Waals surface area contributed by atoms with E-state index in [1.807, 2.05) is 0 Å². The molecule has 0 aromatic heterocycles. The highest BCUT2D eigenvalue weighted by molar-refractivity contribution is 6.12. The van der Waals surface area contributed by atoms with Crippen LogP contribution in [-0.2, 0) is 16.4 Å². The van der Waals surface area contributed by atoms with Gasteiger partial charge in [-0.05, 0) is 54.3 Å². The van der Waals surface area contributed by atoms with Gasteiger partial charge in [-0.15, -0.1) is 13.2 Å². The van der Waals surface area contributed by atoms with E-state index in [9.17, 15) is 36.2 Å². The van der Waals surface area contributed by atoms with E-state index in [4.69, 9.17) is 0 Å². The Morgan fingerprint density at radius 1 is 0.882 bits per heavy atom. The Morgan fingerprint density at radius 3 is 2.00 bits per heavy atom. The van der Waals surface area contributed by atoms with Crippen molar-refractivity contribution in [2.45, 2.75) is 31.8 Å². The summed E-state index contributed by atoms with van der Waals surface area (Å²) in [6.45, 7) is 3.14. The van der Waals surface area contributed by atoms with Gasteiger partial charge >= 0.3 is 12.5 Å². The Kier molecular flexibility index (Phi) is 5.30. The summed E-state index contributed by atoms with van der Waals surface area (Å²) in [5, 5.41) is 12.5. The van der Waals surface area contributed by atoms with Crippen molar-refractivity contribution >= 4 is 11.6 Å². The molecule has 2 N–H and O–H groups in total. The SMILES string of the molecule is Cc1cc(C2(c3ccc(OC(F)(F)F)cc3)C(=O)Nc3c(C(F)(F)F)cccc32)cc(C)c1O. The average molecular weight is 481 g/mol. The van der Waals surface area contributed by atoms with Gasteiger partial charge in [0, 0.05) is 5.56 Å². The summed E-state index contributed by atoms with van der Waals surface area (Å²) in [5.74, 6) is -1.41. The van der Waals surface area contributed by atoms with Crippen LogP contribution in [0.15, 0.2) is 54.6 Å². The zero-order valence-electron chi connectivity index (χ0n) is 17.7. The molecule has 1 aliphatic heterocycles. The number of para-hydroxylation sites is 1. The molecule has 4 rings (SSSR count). The van der Waals surface area contributed by atoms with Crippen molar-refractivity contribution in [3.8, 4) is 11.5 Å². The molecule has 0 saturated carbocycles. The number of fused-ring (bicyclic) bond motifs is 1. The van der Waals surface area contributed by atoms with Crippen LogP contribution >= 0.6 is 0 Å². The number of carbonyl (C=O) groups excluding carboxylic acids is 1. The molecule has 1 unspecified atom stereocenters. The number of hydrogen-bond donors (Lipinski definition) is 2. The summed E-state index contributed by atoms with van der Waals surface area (Å²) < 4.78 is 82.8. The standard InChI is InChI=1S/C24H17F6NO3/c1-12-10-15(11-13(2)20(12)32)22(14-6-8-16(9-7-14)34-24(28,29)30)17-4-3-5-18(23(25,26)27)19(17)31-21(22)33/h3-11,32H,1-2H3,(H,31,33). The van der Waals surface area contributed by atoms with Crippen LogP contribution in [-0.4, -0.2) is 17.4 Å². The number of halogens is 6. The van der Waals surface area contributed by atoms with Gasteiger partial charge in [0.05, 0.1) is 11.3 Å². The molecule has 0 fully saturated rings. The van der Waals surface area contributed by atoms with Gasteiger partial charge in [0.1, 0.15) is 16.9 Å². The Hall–Kier alpha value is -3.69. The number of carbonyl (C=O) groups is 1. The van der Waals surface area contributed by atoms with Crippen LogP contribution in [0.3, 0.4) is 0 Å². The summed E-state index contributed by atoms with van der Waals surface area (Å²) in [6.07, 6.45) is -9.71. The maximum Gasteiger partial charge on any atom is 0.573 e. The van der Waals surface area contributed by atoms with Gasteiger partial charge < -0.3 is 15.2 Å². The largest absolute Gasteiger partial charge is 0.573 e. The average Bonchev–Trinajstić information content (AvgIpc) is 3.02. The fourth-order valence-electron chi connectivity index (χ4n) is 4.38.